The first-order valence-electron chi connectivity index (χ1n) is 8.84. The molecule has 3 aromatic rings. The Morgan fingerprint density at radius 2 is 2.03 bits per heavy atom. The highest BCUT2D eigenvalue weighted by atomic mass is 35.5. The molecule has 3 aromatic heterocycles. The van der Waals surface area contributed by atoms with Crippen molar-refractivity contribution in [3.05, 3.63) is 47.4 Å². The molecule has 0 saturated heterocycles. The second kappa shape index (κ2) is 9.57. The van der Waals surface area contributed by atoms with E-state index < -0.39 is 32.6 Å². The summed E-state index contributed by atoms with van der Waals surface area (Å²) < 4.78 is 38.6. The fourth-order valence-electron chi connectivity index (χ4n) is 2.44. The minimum atomic E-state index is -4.66. The molecule has 0 aliphatic rings. The number of carbonyl (C=O) groups excluding carboxylic acids is 2. The molecule has 13 nitrogen and oxygen atoms in total. The van der Waals surface area contributed by atoms with E-state index in [1.807, 2.05) is 0 Å². The second-order valence-electron chi connectivity index (χ2n) is 5.80. The summed E-state index contributed by atoms with van der Waals surface area (Å²) in [6, 6.07) is 4.73. The molecule has 0 aliphatic carbocycles. The molecular weight excluding hydrogens is 466 g/mol. The summed E-state index contributed by atoms with van der Waals surface area (Å²) in [7, 11) is -3.33. The van der Waals surface area contributed by atoms with E-state index in [-0.39, 0.29) is 29.4 Å². The number of hydrogen-bond donors (Lipinski definition) is 2. The van der Waals surface area contributed by atoms with Gasteiger partial charge in [-0.05, 0) is 19.1 Å². The predicted octanol–water partition coefficient (Wildman–Crippen LogP) is 1.41. The summed E-state index contributed by atoms with van der Waals surface area (Å²) in [6.07, 6.45) is 2.41. The van der Waals surface area contributed by atoms with Crippen LogP contribution in [0.4, 0.5) is 10.7 Å². The number of esters is 1. The Morgan fingerprint density at radius 1 is 1.25 bits per heavy atom. The highest BCUT2D eigenvalue weighted by molar-refractivity contribution is 7.90. The molecule has 0 aromatic carbocycles. The molecule has 0 fully saturated rings. The number of methoxy groups -OCH3 is 1. The average Bonchev–Trinajstić information content (AvgIpc) is 3.20. The minimum absolute atomic E-state index is 0.00502. The summed E-state index contributed by atoms with van der Waals surface area (Å²) in [6.45, 7) is 1.55. The third-order valence-corrected chi connectivity index (χ3v) is 5.22. The zero-order valence-corrected chi connectivity index (χ0v) is 18.2. The lowest BCUT2D eigenvalue weighted by molar-refractivity contribution is 0.0521. The smallest absolute Gasteiger partial charge is 0.342 e. The first kappa shape index (κ1) is 22.9. The minimum Gasteiger partial charge on any atom is -0.481 e. The number of hydrogen-bond acceptors (Lipinski definition) is 10. The van der Waals surface area contributed by atoms with E-state index >= 15 is 0 Å². The lowest BCUT2D eigenvalue weighted by Gasteiger charge is -2.11. The molecule has 15 heteroatoms. The van der Waals surface area contributed by atoms with E-state index in [0.717, 1.165) is 10.9 Å². The van der Waals surface area contributed by atoms with Gasteiger partial charge in [0.2, 0.25) is 11.8 Å². The number of pyridine rings is 1. The van der Waals surface area contributed by atoms with Crippen molar-refractivity contribution in [3.63, 3.8) is 0 Å². The van der Waals surface area contributed by atoms with Gasteiger partial charge in [-0.3, -0.25) is 5.32 Å². The molecule has 0 radical (unpaired) electrons. The molecule has 0 spiro atoms. The van der Waals surface area contributed by atoms with Crippen LogP contribution in [0.3, 0.4) is 0 Å². The lowest BCUT2D eigenvalue weighted by atomic mass is 10.4. The molecule has 3 rings (SSSR count). The number of amides is 2. The Bertz CT molecular complexity index is 1250. The summed E-state index contributed by atoms with van der Waals surface area (Å²) in [5, 5.41) is 5.36. The number of nitrogens with zero attached hydrogens (tertiary/aromatic N) is 5. The fourth-order valence-corrected chi connectivity index (χ4v) is 3.80. The Balaban J connectivity index is 1.96. The van der Waals surface area contributed by atoms with E-state index in [4.69, 9.17) is 21.1 Å². The number of sulfonamides is 1. The third kappa shape index (κ3) is 5.09. The van der Waals surface area contributed by atoms with Crippen molar-refractivity contribution in [1.82, 2.24) is 29.5 Å². The molecule has 0 atom stereocenters. The average molecular weight is 482 g/mol. The van der Waals surface area contributed by atoms with Gasteiger partial charge >= 0.3 is 12.0 Å². The standard InChI is InChI=1S/C17H16ClN7O6S/c1-3-31-15(26)10-9-20-25(12-6-4-5-7-19-12)14(10)32(28,29)24-17(27)23-16-21-11(18)8-13(22-16)30-2/h4-9H,3H2,1-2H3,(H2,21,22,23,24,27). The number of urea groups is 1. The van der Waals surface area contributed by atoms with Crippen molar-refractivity contribution in [3.8, 4) is 11.7 Å². The van der Waals surface area contributed by atoms with E-state index in [1.165, 1.54) is 25.4 Å². The van der Waals surface area contributed by atoms with Crippen LogP contribution in [0.25, 0.3) is 5.82 Å². The van der Waals surface area contributed by atoms with Gasteiger partial charge in [0.05, 0.1) is 19.9 Å². The number of carbonyl (C=O) groups is 2. The molecule has 32 heavy (non-hydrogen) atoms. The number of halogens is 1. The zero-order chi connectivity index (χ0) is 23.3. The van der Waals surface area contributed by atoms with Gasteiger partial charge in [-0.2, -0.15) is 18.5 Å². The van der Waals surface area contributed by atoms with Gasteiger partial charge in [-0.1, -0.05) is 17.7 Å². The SMILES string of the molecule is CCOC(=O)c1cnn(-c2ccccn2)c1S(=O)(=O)NC(=O)Nc1nc(Cl)cc(OC)n1. The summed E-state index contributed by atoms with van der Waals surface area (Å²) in [4.78, 5) is 36.3. The number of ether oxygens (including phenoxy) is 2. The first-order valence-corrected chi connectivity index (χ1v) is 10.7. The third-order valence-electron chi connectivity index (χ3n) is 3.67. The maximum atomic E-state index is 13.0. The Hall–Kier alpha value is -3.78. The molecule has 0 saturated carbocycles. The van der Waals surface area contributed by atoms with E-state index in [2.05, 4.69) is 25.4 Å². The monoisotopic (exact) mass is 481 g/mol. The molecule has 0 unspecified atom stereocenters. The highest BCUT2D eigenvalue weighted by Crippen LogP contribution is 2.21. The summed E-state index contributed by atoms with van der Waals surface area (Å²) in [5.74, 6) is -1.13. The number of anilines is 1. The largest absolute Gasteiger partial charge is 0.481 e. The van der Waals surface area contributed by atoms with Crippen molar-refractivity contribution < 1.29 is 27.5 Å². The van der Waals surface area contributed by atoms with Crippen LogP contribution >= 0.6 is 11.6 Å². The topological polar surface area (TPSA) is 167 Å². The Labute approximate surface area is 186 Å². The van der Waals surface area contributed by atoms with Gasteiger partial charge < -0.3 is 9.47 Å². The fraction of sp³-hybridized carbons (Fsp3) is 0.176. The van der Waals surface area contributed by atoms with Gasteiger partial charge in [-0.25, -0.2) is 29.0 Å². The van der Waals surface area contributed by atoms with Crippen LogP contribution < -0.4 is 14.8 Å². The van der Waals surface area contributed by atoms with E-state index in [9.17, 15) is 18.0 Å². The first-order chi connectivity index (χ1) is 15.2. The Kier molecular flexibility index (Phi) is 6.85. The van der Waals surface area contributed by atoms with Crippen LogP contribution in [0.5, 0.6) is 5.88 Å². The van der Waals surface area contributed by atoms with Gasteiger partial charge in [0.1, 0.15) is 10.7 Å². The van der Waals surface area contributed by atoms with Crippen molar-refractivity contribution in [1.29, 1.82) is 0 Å². The molecule has 168 valence electrons. The molecule has 2 amide bonds. The zero-order valence-electron chi connectivity index (χ0n) is 16.6. The van der Waals surface area contributed by atoms with Crippen LogP contribution in [-0.2, 0) is 14.8 Å². The van der Waals surface area contributed by atoms with Crippen LogP contribution in [0.1, 0.15) is 17.3 Å². The summed E-state index contributed by atoms with van der Waals surface area (Å²) >= 11 is 5.81. The van der Waals surface area contributed by atoms with Gasteiger partial charge in [-0.15, -0.1) is 0 Å². The predicted molar refractivity (Wildman–Crippen MR) is 110 cm³/mol. The molecule has 3 heterocycles. The molecular formula is C17H16ClN7O6S. The van der Waals surface area contributed by atoms with Gasteiger partial charge in [0, 0.05) is 12.3 Å². The van der Waals surface area contributed by atoms with Crippen LogP contribution in [0, 0.1) is 0 Å². The number of nitrogens with one attached hydrogen (secondary N) is 2. The maximum absolute atomic E-state index is 13.0. The Morgan fingerprint density at radius 3 is 2.69 bits per heavy atom. The van der Waals surface area contributed by atoms with Crippen molar-refractivity contribution in [2.24, 2.45) is 0 Å². The normalized spacial score (nSPS) is 11.0. The van der Waals surface area contributed by atoms with E-state index in [1.54, 1.807) is 23.8 Å². The van der Waals surface area contributed by atoms with Crippen molar-refractivity contribution in [2.45, 2.75) is 11.9 Å². The maximum Gasteiger partial charge on any atom is 0.342 e. The highest BCUT2D eigenvalue weighted by Gasteiger charge is 2.32. The van der Waals surface area contributed by atoms with Gasteiger partial charge in [0.25, 0.3) is 10.0 Å². The van der Waals surface area contributed by atoms with Gasteiger partial charge in [0.15, 0.2) is 10.8 Å². The molecule has 0 aliphatic heterocycles. The van der Waals surface area contributed by atoms with Crippen molar-refractivity contribution in [2.75, 3.05) is 19.0 Å². The number of aromatic nitrogens is 5. The summed E-state index contributed by atoms with van der Waals surface area (Å²) in [5.41, 5.74) is -0.390. The van der Waals surface area contributed by atoms with Crippen LogP contribution in [0.2, 0.25) is 5.15 Å². The van der Waals surface area contributed by atoms with Crippen LogP contribution in [-0.4, -0.2) is 58.9 Å². The molecule has 2 N–H and O–H groups in total. The quantitative estimate of drug-likeness (QED) is 0.371. The second-order valence-corrected chi connectivity index (χ2v) is 7.78. The van der Waals surface area contributed by atoms with Crippen LogP contribution in [0.15, 0.2) is 41.7 Å². The lowest BCUT2D eigenvalue weighted by Crippen LogP contribution is -2.36. The van der Waals surface area contributed by atoms with Crippen molar-refractivity contribution >= 4 is 39.6 Å². The van der Waals surface area contributed by atoms with E-state index in [0.29, 0.717) is 0 Å². The number of rotatable bonds is 7. The molecule has 0 bridgehead atoms.